The summed E-state index contributed by atoms with van der Waals surface area (Å²) in [6.07, 6.45) is 4.01. The fourth-order valence-corrected chi connectivity index (χ4v) is 3.30. The van der Waals surface area contributed by atoms with Crippen LogP contribution in [0.3, 0.4) is 0 Å². The SMILES string of the molecule is CCc1cc(N)c(Cc2ccc(C)cc2)c(CCc2ccccc2)c1. The van der Waals surface area contributed by atoms with Crippen molar-refractivity contribution in [3.63, 3.8) is 0 Å². The largest absolute Gasteiger partial charge is 0.398 e. The van der Waals surface area contributed by atoms with Crippen molar-refractivity contribution in [2.24, 2.45) is 0 Å². The molecule has 25 heavy (non-hydrogen) atoms. The van der Waals surface area contributed by atoms with E-state index in [0.717, 1.165) is 31.4 Å². The molecule has 0 aromatic heterocycles. The van der Waals surface area contributed by atoms with Crippen molar-refractivity contribution in [2.75, 3.05) is 5.73 Å². The van der Waals surface area contributed by atoms with Crippen molar-refractivity contribution >= 4 is 5.69 Å². The molecule has 3 aromatic rings. The average molecular weight is 329 g/mol. The van der Waals surface area contributed by atoms with Crippen LogP contribution in [0, 0.1) is 6.92 Å². The lowest BCUT2D eigenvalue weighted by atomic mass is 9.91. The first-order valence-corrected chi connectivity index (χ1v) is 9.15. The molecule has 0 fully saturated rings. The molecule has 0 aliphatic heterocycles. The second-order valence-electron chi connectivity index (χ2n) is 6.82. The van der Waals surface area contributed by atoms with Crippen LogP contribution in [0.1, 0.15) is 40.3 Å². The van der Waals surface area contributed by atoms with E-state index in [4.69, 9.17) is 5.73 Å². The summed E-state index contributed by atoms with van der Waals surface area (Å²) in [6.45, 7) is 4.31. The molecule has 3 rings (SSSR count). The molecule has 0 heterocycles. The lowest BCUT2D eigenvalue weighted by molar-refractivity contribution is 0.931. The van der Waals surface area contributed by atoms with Gasteiger partial charge in [0.15, 0.2) is 0 Å². The molecule has 128 valence electrons. The van der Waals surface area contributed by atoms with Crippen LogP contribution < -0.4 is 5.73 Å². The van der Waals surface area contributed by atoms with E-state index >= 15 is 0 Å². The van der Waals surface area contributed by atoms with Crippen molar-refractivity contribution in [2.45, 2.75) is 39.5 Å². The zero-order valence-corrected chi connectivity index (χ0v) is 15.3. The zero-order valence-electron chi connectivity index (χ0n) is 15.3. The lowest BCUT2D eigenvalue weighted by Crippen LogP contribution is -2.05. The third-order valence-electron chi connectivity index (χ3n) is 4.87. The van der Waals surface area contributed by atoms with E-state index in [1.807, 2.05) is 0 Å². The number of benzene rings is 3. The van der Waals surface area contributed by atoms with Crippen LogP contribution in [-0.4, -0.2) is 0 Å². The average Bonchev–Trinajstić information content (AvgIpc) is 2.64. The molecule has 0 bridgehead atoms. The minimum Gasteiger partial charge on any atom is -0.398 e. The van der Waals surface area contributed by atoms with E-state index in [9.17, 15) is 0 Å². The second-order valence-corrected chi connectivity index (χ2v) is 6.82. The molecule has 0 aliphatic rings. The Morgan fingerprint density at radius 2 is 1.48 bits per heavy atom. The molecule has 0 atom stereocenters. The van der Waals surface area contributed by atoms with Crippen LogP contribution in [0.2, 0.25) is 0 Å². The fraction of sp³-hybridized carbons (Fsp3) is 0.250. The summed E-state index contributed by atoms with van der Waals surface area (Å²) in [5.41, 5.74) is 15.4. The summed E-state index contributed by atoms with van der Waals surface area (Å²) >= 11 is 0. The van der Waals surface area contributed by atoms with Crippen molar-refractivity contribution < 1.29 is 0 Å². The third kappa shape index (κ3) is 4.51. The smallest absolute Gasteiger partial charge is 0.0355 e. The molecule has 0 saturated carbocycles. The molecule has 0 radical (unpaired) electrons. The Kier molecular flexibility index (Phi) is 5.55. The standard InChI is InChI=1S/C24H27N/c1-3-19-15-22(14-13-20-7-5-4-6-8-20)23(24(25)17-19)16-21-11-9-18(2)10-12-21/h4-12,15,17H,3,13-14,16,25H2,1-2H3. The maximum atomic E-state index is 6.44. The number of hydrogen-bond acceptors (Lipinski definition) is 1. The summed E-state index contributed by atoms with van der Waals surface area (Å²) in [5, 5.41) is 0. The van der Waals surface area contributed by atoms with Gasteiger partial charge in [0.25, 0.3) is 0 Å². The maximum Gasteiger partial charge on any atom is 0.0355 e. The Hall–Kier alpha value is -2.54. The van der Waals surface area contributed by atoms with E-state index in [1.165, 1.54) is 33.4 Å². The van der Waals surface area contributed by atoms with Crippen molar-refractivity contribution in [1.82, 2.24) is 0 Å². The minimum absolute atomic E-state index is 0.903. The number of rotatable bonds is 6. The first kappa shape index (κ1) is 17.3. The Balaban J connectivity index is 1.88. The van der Waals surface area contributed by atoms with Gasteiger partial charge in [-0.3, -0.25) is 0 Å². The minimum atomic E-state index is 0.903. The van der Waals surface area contributed by atoms with Gasteiger partial charge in [0.1, 0.15) is 0 Å². The Morgan fingerprint density at radius 1 is 0.760 bits per heavy atom. The van der Waals surface area contributed by atoms with Crippen LogP contribution in [0.5, 0.6) is 0 Å². The summed E-state index contributed by atoms with van der Waals surface area (Å²) < 4.78 is 0. The van der Waals surface area contributed by atoms with Crippen LogP contribution in [0.25, 0.3) is 0 Å². The predicted octanol–water partition coefficient (Wildman–Crippen LogP) is 5.52. The van der Waals surface area contributed by atoms with Gasteiger partial charge in [-0.1, -0.05) is 73.2 Å². The summed E-state index contributed by atoms with van der Waals surface area (Å²) in [6, 6.07) is 24.0. The van der Waals surface area contributed by atoms with Gasteiger partial charge >= 0.3 is 0 Å². The topological polar surface area (TPSA) is 26.0 Å². The summed E-state index contributed by atoms with van der Waals surface area (Å²) in [5.74, 6) is 0. The van der Waals surface area contributed by atoms with Crippen LogP contribution in [0.15, 0.2) is 66.7 Å². The first-order chi connectivity index (χ1) is 12.2. The molecular formula is C24H27N. The van der Waals surface area contributed by atoms with Gasteiger partial charge in [0, 0.05) is 5.69 Å². The van der Waals surface area contributed by atoms with Gasteiger partial charge in [-0.15, -0.1) is 0 Å². The monoisotopic (exact) mass is 329 g/mol. The van der Waals surface area contributed by atoms with E-state index in [2.05, 4.69) is 80.6 Å². The highest BCUT2D eigenvalue weighted by molar-refractivity contribution is 5.55. The molecule has 0 amide bonds. The van der Waals surface area contributed by atoms with Crippen LogP contribution in [0.4, 0.5) is 5.69 Å². The molecule has 2 N–H and O–H groups in total. The van der Waals surface area contributed by atoms with Gasteiger partial charge in [0.05, 0.1) is 0 Å². The van der Waals surface area contributed by atoms with E-state index in [-0.39, 0.29) is 0 Å². The summed E-state index contributed by atoms with van der Waals surface area (Å²) in [7, 11) is 0. The molecule has 1 nitrogen and oxygen atoms in total. The van der Waals surface area contributed by atoms with E-state index in [1.54, 1.807) is 0 Å². The van der Waals surface area contributed by atoms with Gasteiger partial charge in [-0.05, 0) is 66.5 Å². The summed E-state index contributed by atoms with van der Waals surface area (Å²) in [4.78, 5) is 0. The normalized spacial score (nSPS) is 10.8. The lowest BCUT2D eigenvalue weighted by Gasteiger charge is -2.15. The number of hydrogen-bond donors (Lipinski definition) is 1. The first-order valence-electron chi connectivity index (χ1n) is 9.15. The third-order valence-corrected chi connectivity index (χ3v) is 4.87. The highest BCUT2D eigenvalue weighted by Crippen LogP contribution is 2.25. The second kappa shape index (κ2) is 8.02. The zero-order chi connectivity index (χ0) is 17.6. The number of nitrogen functional groups attached to an aromatic ring is 1. The Labute approximate surface area is 151 Å². The van der Waals surface area contributed by atoms with Gasteiger partial charge in [-0.2, -0.15) is 0 Å². The van der Waals surface area contributed by atoms with Crippen molar-refractivity contribution in [3.05, 3.63) is 100 Å². The Morgan fingerprint density at radius 3 is 2.16 bits per heavy atom. The molecule has 3 aromatic carbocycles. The maximum absolute atomic E-state index is 6.44. The van der Waals surface area contributed by atoms with Crippen molar-refractivity contribution in [1.29, 1.82) is 0 Å². The number of aryl methyl sites for hydroxylation is 4. The molecule has 0 saturated heterocycles. The number of anilines is 1. The van der Waals surface area contributed by atoms with Gasteiger partial charge in [0.2, 0.25) is 0 Å². The molecule has 0 unspecified atom stereocenters. The van der Waals surface area contributed by atoms with Gasteiger partial charge in [-0.25, -0.2) is 0 Å². The molecular weight excluding hydrogens is 302 g/mol. The molecule has 0 spiro atoms. The molecule has 1 heteroatoms. The van der Waals surface area contributed by atoms with Gasteiger partial charge < -0.3 is 5.73 Å². The van der Waals surface area contributed by atoms with E-state index in [0.29, 0.717) is 0 Å². The van der Waals surface area contributed by atoms with E-state index < -0.39 is 0 Å². The number of nitrogens with two attached hydrogens (primary N) is 1. The van der Waals surface area contributed by atoms with Crippen LogP contribution in [-0.2, 0) is 25.7 Å². The fourth-order valence-electron chi connectivity index (χ4n) is 3.30. The Bertz CT molecular complexity index is 817. The highest BCUT2D eigenvalue weighted by Gasteiger charge is 2.10. The predicted molar refractivity (Wildman–Crippen MR) is 108 cm³/mol. The van der Waals surface area contributed by atoms with Crippen molar-refractivity contribution in [3.8, 4) is 0 Å². The highest BCUT2D eigenvalue weighted by atomic mass is 14.6. The molecule has 0 aliphatic carbocycles. The van der Waals surface area contributed by atoms with Crippen LogP contribution >= 0.6 is 0 Å². The quantitative estimate of drug-likeness (QED) is 0.592.